The summed E-state index contributed by atoms with van der Waals surface area (Å²) in [4.78, 5) is 67.9. The van der Waals surface area contributed by atoms with Crippen LogP contribution in [0.1, 0.15) is 85.8 Å². The van der Waals surface area contributed by atoms with Gasteiger partial charge in [0.05, 0.1) is 12.6 Å². The first-order valence-corrected chi connectivity index (χ1v) is 17.7. The Kier molecular flexibility index (Phi) is 14.6. The predicted molar refractivity (Wildman–Crippen MR) is 192 cm³/mol. The normalized spacial score (nSPS) is 18.5. The fourth-order valence-corrected chi connectivity index (χ4v) is 5.54. The Labute approximate surface area is 297 Å². The second-order valence-corrected chi connectivity index (χ2v) is 14.9. The summed E-state index contributed by atoms with van der Waals surface area (Å²) in [5.41, 5.74) is 0.0873. The molecule has 4 N–H and O–H groups in total. The van der Waals surface area contributed by atoms with Crippen molar-refractivity contribution in [3.8, 4) is 0 Å². The topological polar surface area (TPSA) is 155 Å². The standard InChI is InChI=1S/C39H56N4O7/c1-9-26(4)32(43-34(45)29(42-37(48)50-38(5,6)7)21-20-27-16-12-10-13-17-27)36(47)41-31(23-28-18-14-11-15-19-28)35(46)40-30(22-25(2)3)33(44)39(8)24-49-39/h10-19,25-26,29-32H,9,20-24H2,1-8H3,(H,40,46)(H,41,47)(H,42,48)(H,43,45)/t26?,29-,30-,31-,32-,39+/m0/s1. The summed E-state index contributed by atoms with van der Waals surface area (Å²) < 4.78 is 10.8. The number of aryl methyl sites for hydroxylation is 1. The van der Waals surface area contributed by atoms with Crippen molar-refractivity contribution in [1.29, 1.82) is 0 Å². The Balaban J connectivity index is 1.84. The minimum Gasteiger partial charge on any atom is -0.444 e. The Hall–Kier alpha value is -4.25. The largest absolute Gasteiger partial charge is 0.444 e. The lowest BCUT2D eigenvalue weighted by Gasteiger charge is -2.29. The van der Waals surface area contributed by atoms with E-state index in [1.54, 1.807) is 27.7 Å². The van der Waals surface area contributed by atoms with Crippen molar-refractivity contribution in [3.63, 3.8) is 0 Å². The van der Waals surface area contributed by atoms with Crippen LogP contribution in [0.4, 0.5) is 4.79 Å². The average Bonchev–Trinajstić information content (AvgIpc) is 3.81. The van der Waals surface area contributed by atoms with Crippen LogP contribution in [0.25, 0.3) is 0 Å². The molecule has 2 aromatic carbocycles. The highest BCUT2D eigenvalue weighted by Crippen LogP contribution is 2.29. The summed E-state index contributed by atoms with van der Waals surface area (Å²) in [5, 5.41) is 11.3. The number of hydrogen-bond acceptors (Lipinski definition) is 7. The first kappa shape index (κ1) is 40.2. The van der Waals surface area contributed by atoms with Crippen LogP contribution < -0.4 is 21.3 Å². The number of carbonyl (C=O) groups is 5. The lowest BCUT2D eigenvalue weighted by atomic mass is 9.92. The average molecular weight is 693 g/mol. The van der Waals surface area contributed by atoms with E-state index in [1.165, 1.54) is 0 Å². The van der Waals surface area contributed by atoms with Crippen molar-refractivity contribution >= 4 is 29.6 Å². The van der Waals surface area contributed by atoms with Gasteiger partial charge in [0.15, 0.2) is 5.78 Å². The molecule has 1 saturated heterocycles. The quantitative estimate of drug-likeness (QED) is 0.166. The fourth-order valence-electron chi connectivity index (χ4n) is 5.54. The monoisotopic (exact) mass is 692 g/mol. The maximum atomic E-state index is 14.1. The van der Waals surface area contributed by atoms with Crippen molar-refractivity contribution in [2.75, 3.05) is 6.61 Å². The summed E-state index contributed by atoms with van der Waals surface area (Å²) in [5.74, 6) is -2.01. The molecule has 1 unspecified atom stereocenters. The number of nitrogens with one attached hydrogen (secondary N) is 4. The molecule has 0 saturated carbocycles. The number of amides is 4. The molecule has 1 aliphatic heterocycles. The maximum absolute atomic E-state index is 14.1. The number of benzene rings is 2. The van der Waals surface area contributed by atoms with E-state index in [9.17, 15) is 24.0 Å². The molecule has 0 bridgehead atoms. The van der Waals surface area contributed by atoms with Gasteiger partial charge in [-0.25, -0.2) is 4.79 Å². The molecule has 2 aromatic rings. The van der Waals surface area contributed by atoms with Gasteiger partial charge in [0.2, 0.25) is 17.7 Å². The number of ether oxygens (including phenoxy) is 2. The van der Waals surface area contributed by atoms with E-state index in [2.05, 4.69) is 21.3 Å². The molecule has 0 aromatic heterocycles. The van der Waals surface area contributed by atoms with E-state index >= 15 is 0 Å². The predicted octanol–water partition coefficient (Wildman–Crippen LogP) is 4.66. The molecule has 4 amide bonds. The highest BCUT2D eigenvalue weighted by atomic mass is 16.6. The van der Waals surface area contributed by atoms with E-state index in [0.717, 1.165) is 11.1 Å². The first-order chi connectivity index (χ1) is 23.5. The van der Waals surface area contributed by atoms with E-state index in [-0.39, 0.29) is 30.5 Å². The van der Waals surface area contributed by atoms with Gasteiger partial charge in [-0.15, -0.1) is 0 Å². The maximum Gasteiger partial charge on any atom is 0.408 e. The molecule has 0 spiro atoms. The van der Waals surface area contributed by atoms with Crippen molar-refractivity contribution < 1.29 is 33.4 Å². The van der Waals surface area contributed by atoms with Gasteiger partial charge in [-0.05, 0) is 69.9 Å². The van der Waals surface area contributed by atoms with Gasteiger partial charge in [0, 0.05) is 6.42 Å². The third-order valence-corrected chi connectivity index (χ3v) is 8.72. The van der Waals surface area contributed by atoms with Crippen molar-refractivity contribution in [2.24, 2.45) is 11.8 Å². The highest BCUT2D eigenvalue weighted by Gasteiger charge is 2.50. The molecule has 0 aliphatic carbocycles. The fraction of sp³-hybridized carbons (Fsp3) is 0.564. The number of epoxide rings is 1. The van der Waals surface area contributed by atoms with Gasteiger partial charge in [-0.2, -0.15) is 0 Å². The van der Waals surface area contributed by atoms with Crippen molar-refractivity contribution in [3.05, 3.63) is 71.8 Å². The summed E-state index contributed by atoms with van der Waals surface area (Å²) in [6.07, 6.45) is 1.13. The Bertz CT molecular complexity index is 1440. The molecule has 50 heavy (non-hydrogen) atoms. The summed E-state index contributed by atoms with van der Waals surface area (Å²) in [6.45, 7) is 14.9. The molecular formula is C39H56N4O7. The molecule has 6 atom stereocenters. The van der Waals surface area contributed by atoms with E-state index < -0.39 is 59.2 Å². The molecule has 0 radical (unpaired) electrons. The van der Waals surface area contributed by atoms with Crippen molar-refractivity contribution in [1.82, 2.24) is 21.3 Å². The lowest BCUT2D eigenvalue weighted by molar-refractivity contribution is -0.135. The molecule has 11 heteroatoms. The van der Waals surface area contributed by atoms with E-state index in [4.69, 9.17) is 9.47 Å². The number of rotatable bonds is 18. The zero-order chi connectivity index (χ0) is 37.1. The van der Waals surface area contributed by atoms with Crippen LogP contribution >= 0.6 is 0 Å². The zero-order valence-electron chi connectivity index (χ0n) is 30.8. The first-order valence-electron chi connectivity index (χ1n) is 17.7. The smallest absolute Gasteiger partial charge is 0.408 e. The number of carbonyl (C=O) groups excluding carboxylic acids is 5. The minimum absolute atomic E-state index is 0.114. The molecule has 1 heterocycles. The van der Waals surface area contributed by atoms with E-state index in [0.29, 0.717) is 25.9 Å². The van der Waals surface area contributed by atoms with Gasteiger partial charge in [-0.3, -0.25) is 19.2 Å². The lowest BCUT2D eigenvalue weighted by Crippen LogP contribution is -2.60. The Morgan fingerprint density at radius 2 is 1.32 bits per heavy atom. The SMILES string of the molecule is CCC(C)[C@H](NC(=O)[C@H](CCc1ccccc1)NC(=O)OC(C)(C)C)C(=O)N[C@@H](Cc1ccccc1)C(=O)N[C@@H](CC(C)C)C(=O)[C@@]1(C)CO1. The highest BCUT2D eigenvalue weighted by molar-refractivity contribution is 5.98. The van der Waals surface area contributed by atoms with Crippen LogP contribution in [0.3, 0.4) is 0 Å². The van der Waals surface area contributed by atoms with Gasteiger partial charge in [-0.1, -0.05) is 94.8 Å². The van der Waals surface area contributed by atoms with Crippen molar-refractivity contribution in [2.45, 2.75) is 123 Å². The number of hydrogen-bond donors (Lipinski definition) is 4. The number of alkyl carbamates (subject to hydrolysis) is 1. The number of Topliss-reactive ketones (excluding diaryl/α,β-unsaturated/α-hetero) is 1. The third-order valence-electron chi connectivity index (χ3n) is 8.72. The molecular weight excluding hydrogens is 636 g/mol. The van der Waals surface area contributed by atoms with Crippen LogP contribution in [0.15, 0.2) is 60.7 Å². The zero-order valence-corrected chi connectivity index (χ0v) is 30.8. The van der Waals surface area contributed by atoms with E-state index in [1.807, 2.05) is 88.4 Å². The third kappa shape index (κ3) is 12.9. The van der Waals surface area contributed by atoms with Gasteiger partial charge >= 0.3 is 6.09 Å². The summed E-state index contributed by atoms with van der Waals surface area (Å²) in [7, 11) is 0. The van der Waals surface area contributed by atoms with Crippen LogP contribution in [0.2, 0.25) is 0 Å². The van der Waals surface area contributed by atoms with Crippen LogP contribution in [0, 0.1) is 11.8 Å². The van der Waals surface area contributed by atoms with Gasteiger partial charge in [0.1, 0.15) is 29.3 Å². The summed E-state index contributed by atoms with van der Waals surface area (Å²) in [6, 6.07) is 15.0. The van der Waals surface area contributed by atoms with Gasteiger partial charge in [0.25, 0.3) is 0 Å². The molecule has 11 nitrogen and oxygen atoms in total. The molecule has 1 fully saturated rings. The van der Waals surface area contributed by atoms with Crippen LogP contribution in [0.5, 0.6) is 0 Å². The van der Waals surface area contributed by atoms with Gasteiger partial charge < -0.3 is 30.7 Å². The van der Waals surface area contributed by atoms with Crippen LogP contribution in [-0.2, 0) is 41.5 Å². The Morgan fingerprint density at radius 1 is 0.780 bits per heavy atom. The van der Waals surface area contributed by atoms with Crippen LogP contribution in [-0.4, -0.2) is 71.6 Å². The second-order valence-electron chi connectivity index (χ2n) is 14.9. The molecule has 1 aliphatic rings. The Morgan fingerprint density at radius 3 is 1.84 bits per heavy atom. The minimum atomic E-state index is -1.04. The second kappa shape index (κ2) is 18.1. The molecule has 274 valence electrons. The summed E-state index contributed by atoms with van der Waals surface area (Å²) >= 11 is 0. The number of ketones is 1. The molecule has 3 rings (SSSR count).